The highest BCUT2D eigenvalue weighted by molar-refractivity contribution is 5.96. The molecule has 7 nitrogen and oxygen atoms in total. The van der Waals surface area contributed by atoms with E-state index in [1.54, 1.807) is 0 Å². The van der Waals surface area contributed by atoms with Gasteiger partial charge in [0.1, 0.15) is 11.3 Å². The van der Waals surface area contributed by atoms with E-state index in [1.165, 1.54) is 28.3 Å². The number of hydrogen-bond donors (Lipinski definition) is 2. The van der Waals surface area contributed by atoms with E-state index in [9.17, 15) is 15.0 Å². The lowest BCUT2D eigenvalue weighted by atomic mass is 9.86. The Bertz CT molecular complexity index is 433. The van der Waals surface area contributed by atoms with Crippen LogP contribution in [0.2, 0.25) is 0 Å². The Morgan fingerprint density at radius 2 is 1.68 bits per heavy atom. The molecule has 1 aliphatic carbocycles. The maximum Gasteiger partial charge on any atom is 0.288 e. The summed E-state index contributed by atoms with van der Waals surface area (Å²) in [5, 5.41) is 20.5. The predicted molar refractivity (Wildman–Crippen MR) is 64.1 cm³/mol. The molecule has 1 unspecified atom stereocenters. The van der Waals surface area contributed by atoms with E-state index >= 15 is 0 Å². The van der Waals surface area contributed by atoms with Gasteiger partial charge in [0.2, 0.25) is 0 Å². The van der Waals surface area contributed by atoms with Crippen LogP contribution in [-0.2, 0) is 23.7 Å². The summed E-state index contributed by atoms with van der Waals surface area (Å²) in [7, 11) is 4.96. The Kier molecular flexibility index (Phi) is 4.36. The number of ketones is 1. The predicted octanol–water partition coefficient (Wildman–Crippen LogP) is 0.255. The minimum Gasteiger partial charge on any atom is -0.507 e. The lowest BCUT2D eigenvalue weighted by molar-refractivity contribution is -0.357. The molecule has 108 valence electrons. The first-order valence-electron chi connectivity index (χ1n) is 5.43. The van der Waals surface area contributed by atoms with Gasteiger partial charge in [0.05, 0.1) is 7.11 Å². The Balaban J connectivity index is 3.66. The summed E-state index contributed by atoms with van der Waals surface area (Å²) in [6.07, 6.45) is 1.14. The molecule has 0 aromatic rings. The number of ether oxygens (including phenoxy) is 4. The molecule has 0 amide bonds. The first kappa shape index (κ1) is 15.6. The molecular formula is C12H18O7. The zero-order chi connectivity index (χ0) is 14.8. The molecule has 0 bridgehead atoms. The van der Waals surface area contributed by atoms with E-state index in [4.69, 9.17) is 18.9 Å². The highest BCUT2D eigenvalue weighted by Gasteiger charge is 2.63. The van der Waals surface area contributed by atoms with E-state index in [0.29, 0.717) is 0 Å². The SMILES string of the molecule is COC1=CC(O)=C(C(C)=O)C(O)(OC)C1(OC)OC. The number of hydrogen-bond acceptors (Lipinski definition) is 7. The molecule has 1 rings (SSSR count). The molecule has 1 atom stereocenters. The van der Waals surface area contributed by atoms with Gasteiger partial charge in [-0.15, -0.1) is 0 Å². The maximum atomic E-state index is 11.7. The topological polar surface area (TPSA) is 94.5 Å². The molecule has 7 heteroatoms. The zero-order valence-corrected chi connectivity index (χ0v) is 11.5. The van der Waals surface area contributed by atoms with Gasteiger partial charge in [-0.1, -0.05) is 0 Å². The van der Waals surface area contributed by atoms with Gasteiger partial charge < -0.3 is 29.2 Å². The van der Waals surface area contributed by atoms with Gasteiger partial charge in [-0.25, -0.2) is 0 Å². The molecule has 0 fully saturated rings. The fourth-order valence-electron chi connectivity index (χ4n) is 2.21. The summed E-state index contributed by atoms with van der Waals surface area (Å²) in [4.78, 5) is 11.7. The van der Waals surface area contributed by atoms with E-state index < -0.39 is 23.1 Å². The molecule has 0 saturated heterocycles. The van der Waals surface area contributed by atoms with Crippen LogP contribution in [0, 0.1) is 0 Å². The van der Waals surface area contributed by atoms with E-state index in [0.717, 1.165) is 13.2 Å². The third-order valence-corrected chi connectivity index (χ3v) is 3.08. The molecule has 0 heterocycles. The van der Waals surface area contributed by atoms with Gasteiger partial charge in [-0.2, -0.15) is 0 Å². The average molecular weight is 274 g/mol. The standard InChI is InChI=1S/C12H18O7/c1-7(13)10-8(14)6-9(16-2)12(18-4,19-5)11(10,15)17-3/h6,14-15H,1-5H3. The third kappa shape index (κ3) is 1.95. The molecule has 0 aliphatic heterocycles. The molecule has 1 aliphatic rings. The summed E-state index contributed by atoms with van der Waals surface area (Å²) in [5.74, 6) is -5.34. The number of allylic oxidation sites excluding steroid dienone is 1. The molecule has 0 aromatic carbocycles. The van der Waals surface area contributed by atoms with Crippen molar-refractivity contribution in [3.63, 3.8) is 0 Å². The maximum absolute atomic E-state index is 11.7. The summed E-state index contributed by atoms with van der Waals surface area (Å²) in [5.41, 5.74) is -0.375. The van der Waals surface area contributed by atoms with Crippen molar-refractivity contribution in [3.8, 4) is 0 Å². The van der Waals surface area contributed by atoms with Crippen LogP contribution in [0.3, 0.4) is 0 Å². The highest BCUT2D eigenvalue weighted by Crippen LogP contribution is 2.44. The Hall–Kier alpha value is -1.41. The van der Waals surface area contributed by atoms with Crippen molar-refractivity contribution in [2.24, 2.45) is 0 Å². The van der Waals surface area contributed by atoms with E-state index in [-0.39, 0.29) is 11.3 Å². The van der Waals surface area contributed by atoms with Crippen LogP contribution in [0.1, 0.15) is 6.92 Å². The molecule has 0 radical (unpaired) electrons. The van der Waals surface area contributed by atoms with Crippen molar-refractivity contribution in [2.45, 2.75) is 18.5 Å². The largest absolute Gasteiger partial charge is 0.507 e. The van der Waals surface area contributed by atoms with Crippen molar-refractivity contribution in [3.05, 3.63) is 23.2 Å². The van der Waals surface area contributed by atoms with Gasteiger partial charge >= 0.3 is 0 Å². The number of carbonyl (C=O) groups is 1. The average Bonchev–Trinajstić information content (AvgIpc) is 2.38. The minimum atomic E-state index is -2.34. The lowest BCUT2D eigenvalue weighted by Gasteiger charge is -2.45. The van der Waals surface area contributed by atoms with Crippen LogP contribution in [0.25, 0.3) is 0 Å². The first-order chi connectivity index (χ1) is 8.84. The number of carbonyl (C=O) groups excluding carboxylic acids is 1. The van der Waals surface area contributed by atoms with E-state index in [1.807, 2.05) is 0 Å². The van der Waals surface area contributed by atoms with Crippen molar-refractivity contribution >= 4 is 5.78 Å². The van der Waals surface area contributed by atoms with Crippen molar-refractivity contribution in [1.29, 1.82) is 0 Å². The van der Waals surface area contributed by atoms with Gasteiger partial charge in [0.25, 0.3) is 11.6 Å². The summed E-state index contributed by atoms with van der Waals surface area (Å²) in [6.45, 7) is 1.18. The number of aliphatic hydroxyl groups is 2. The fourth-order valence-corrected chi connectivity index (χ4v) is 2.21. The second kappa shape index (κ2) is 5.30. The molecule has 0 spiro atoms. The van der Waals surface area contributed by atoms with Crippen LogP contribution in [0.4, 0.5) is 0 Å². The summed E-state index contributed by atoms with van der Waals surface area (Å²) < 4.78 is 20.4. The molecule has 0 aromatic heterocycles. The number of aliphatic hydroxyl groups excluding tert-OH is 1. The van der Waals surface area contributed by atoms with Crippen LogP contribution in [0.5, 0.6) is 0 Å². The number of rotatable bonds is 5. The summed E-state index contributed by atoms with van der Waals surface area (Å²) in [6, 6.07) is 0. The van der Waals surface area contributed by atoms with Gasteiger partial charge in [-0.3, -0.25) is 4.79 Å². The minimum absolute atomic E-state index is 0.0376. The van der Waals surface area contributed by atoms with Crippen molar-refractivity contribution in [2.75, 3.05) is 28.4 Å². The number of Topliss-reactive ketones (excluding diaryl/α,β-unsaturated/α-hetero) is 1. The van der Waals surface area contributed by atoms with E-state index in [2.05, 4.69) is 0 Å². The number of methoxy groups -OCH3 is 4. The molecule has 0 saturated carbocycles. The molecule has 19 heavy (non-hydrogen) atoms. The van der Waals surface area contributed by atoms with Crippen LogP contribution < -0.4 is 0 Å². The molecule has 2 N–H and O–H groups in total. The Labute approximate surface area is 111 Å². The van der Waals surface area contributed by atoms with Crippen molar-refractivity contribution in [1.82, 2.24) is 0 Å². The Morgan fingerprint density at radius 1 is 1.16 bits per heavy atom. The molecular weight excluding hydrogens is 256 g/mol. The monoisotopic (exact) mass is 274 g/mol. The highest BCUT2D eigenvalue weighted by atomic mass is 16.8. The smallest absolute Gasteiger partial charge is 0.288 e. The second-order valence-electron chi connectivity index (χ2n) is 3.90. The summed E-state index contributed by atoms with van der Waals surface area (Å²) >= 11 is 0. The van der Waals surface area contributed by atoms with Crippen LogP contribution in [-0.4, -0.2) is 56.0 Å². The van der Waals surface area contributed by atoms with Gasteiger partial charge in [0.15, 0.2) is 11.5 Å². The zero-order valence-electron chi connectivity index (χ0n) is 11.5. The van der Waals surface area contributed by atoms with Gasteiger partial charge in [0, 0.05) is 27.4 Å². The Morgan fingerprint density at radius 3 is 2.00 bits per heavy atom. The second-order valence-corrected chi connectivity index (χ2v) is 3.90. The van der Waals surface area contributed by atoms with Crippen LogP contribution >= 0.6 is 0 Å². The first-order valence-corrected chi connectivity index (χ1v) is 5.43. The van der Waals surface area contributed by atoms with Gasteiger partial charge in [-0.05, 0) is 6.92 Å². The lowest BCUT2D eigenvalue weighted by Crippen LogP contribution is -2.63. The fraction of sp³-hybridized carbons (Fsp3) is 0.583. The van der Waals surface area contributed by atoms with Crippen molar-refractivity contribution < 1.29 is 34.0 Å². The third-order valence-electron chi connectivity index (χ3n) is 3.08. The quantitative estimate of drug-likeness (QED) is 0.694. The normalized spacial score (nSPS) is 26.1. The van der Waals surface area contributed by atoms with Crippen LogP contribution in [0.15, 0.2) is 23.2 Å².